The van der Waals surface area contributed by atoms with Gasteiger partial charge in [0.05, 0.1) is 6.61 Å². The molecule has 23 heavy (non-hydrogen) atoms. The van der Waals surface area contributed by atoms with Gasteiger partial charge in [0.1, 0.15) is 5.75 Å². The van der Waals surface area contributed by atoms with Gasteiger partial charge in [-0.3, -0.25) is 4.79 Å². The summed E-state index contributed by atoms with van der Waals surface area (Å²) in [6.45, 7) is 4.89. The molecule has 0 radical (unpaired) electrons. The topological polar surface area (TPSA) is 78.9 Å². The molecular weight excluding hydrogens is 300 g/mol. The maximum absolute atomic E-state index is 11.4. The third-order valence-corrected chi connectivity index (χ3v) is 2.68. The summed E-state index contributed by atoms with van der Waals surface area (Å²) >= 11 is 0. The number of carbonyl (C=O) groups excluding carboxylic acids is 3. The van der Waals surface area contributed by atoms with Crippen molar-refractivity contribution in [1.82, 2.24) is 0 Å². The van der Waals surface area contributed by atoms with E-state index in [2.05, 4.69) is 11.3 Å². The quantitative estimate of drug-likeness (QED) is 0.301. The molecule has 6 heteroatoms. The largest absolute Gasteiger partial charge is 0.482 e. The monoisotopic (exact) mass is 320 g/mol. The molecule has 0 aliphatic carbocycles. The van der Waals surface area contributed by atoms with E-state index in [1.807, 2.05) is 6.07 Å². The second-order valence-corrected chi connectivity index (χ2v) is 4.82. The second-order valence-electron chi connectivity index (χ2n) is 4.82. The summed E-state index contributed by atoms with van der Waals surface area (Å²) in [5.41, 5.74) is 0.327. The lowest BCUT2D eigenvalue weighted by Crippen LogP contribution is -2.19. The van der Waals surface area contributed by atoms with Gasteiger partial charge >= 0.3 is 17.9 Å². The van der Waals surface area contributed by atoms with Crippen molar-refractivity contribution < 1.29 is 28.6 Å². The first-order chi connectivity index (χ1) is 11.0. The van der Waals surface area contributed by atoms with Gasteiger partial charge < -0.3 is 14.2 Å². The zero-order chi connectivity index (χ0) is 17.1. The molecule has 0 aromatic heterocycles. The fourth-order valence-corrected chi connectivity index (χ4v) is 1.53. The molecule has 0 bridgehead atoms. The number of rotatable bonds is 9. The highest BCUT2D eigenvalue weighted by Crippen LogP contribution is 2.08. The van der Waals surface area contributed by atoms with Crippen molar-refractivity contribution in [2.75, 3.05) is 13.2 Å². The van der Waals surface area contributed by atoms with Crippen LogP contribution >= 0.6 is 0 Å². The van der Waals surface area contributed by atoms with Crippen LogP contribution in [0.15, 0.2) is 42.5 Å². The zero-order valence-electron chi connectivity index (χ0n) is 13.1. The van der Waals surface area contributed by atoms with Crippen LogP contribution in [0.3, 0.4) is 0 Å². The Kier molecular flexibility index (Phi) is 8.13. The van der Waals surface area contributed by atoms with E-state index < -0.39 is 17.9 Å². The smallest absolute Gasteiger partial charge is 0.351 e. The molecule has 0 N–H and O–H groups in total. The number of hydrogen-bond acceptors (Lipinski definition) is 6. The number of ether oxygens (including phenoxy) is 3. The minimum Gasteiger partial charge on any atom is -0.482 e. The molecule has 0 heterocycles. The highest BCUT2D eigenvalue weighted by molar-refractivity contribution is 5.87. The fraction of sp³-hybridized carbons (Fsp3) is 0.353. The zero-order valence-corrected chi connectivity index (χ0v) is 13.1. The SMILES string of the molecule is C=C(C)C(=O)OCCCCC(=O)OC(=O)COc1ccccc1. The second kappa shape index (κ2) is 10.2. The summed E-state index contributed by atoms with van der Waals surface area (Å²) in [6.07, 6.45) is 1.03. The average molecular weight is 320 g/mol. The summed E-state index contributed by atoms with van der Waals surface area (Å²) in [5.74, 6) is -1.30. The predicted octanol–water partition coefficient (Wildman–Crippen LogP) is 2.42. The van der Waals surface area contributed by atoms with Crippen LogP contribution in [0.25, 0.3) is 0 Å². The van der Waals surface area contributed by atoms with E-state index in [4.69, 9.17) is 9.47 Å². The Labute approximate surface area is 135 Å². The maximum Gasteiger partial charge on any atom is 0.351 e. The van der Waals surface area contributed by atoms with Crippen LogP contribution in [0.4, 0.5) is 0 Å². The lowest BCUT2D eigenvalue weighted by atomic mass is 10.2. The predicted molar refractivity (Wildman–Crippen MR) is 82.7 cm³/mol. The molecule has 1 aromatic rings. The van der Waals surface area contributed by atoms with E-state index in [1.165, 1.54) is 0 Å². The van der Waals surface area contributed by atoms with Crippen LogP contribution in [0, 0.1) is 0 Å². The van der Waals surface area contributed by atoms with Crippen molar-refractivity contribution in [2.45, 2.75) is 26.2 Å². The van der Waals surface area contributed by atoms with E-state index in [0.717, 1.165) is 0 Å². The van der Waals surface area contributed by atoms with Crippen molar-refractivity contribution in [2.24, 2.45) is 0 Å². The number of benzene rings is 1. The van der Waals surface area contributed by atoms with Gasteiger partial charge in [-0.15, -0.1) is 0 Å². The van der Waals surface area contributed by atoms with Crippen LogP contribution in [-0.2, 0) is 23.9 Å². The van der Waals surface area contributed by atoms with Crippen molar-refractivity contribution in [1.29, 1.82) is 0 Å². The molecule has 0 saturated heterocycles. The van der Waals surface area contributed by atoms with Crippen LogP contribution in [0.5, 0.6) is 5.75 Å². The highest BCUT2D eigenvalue weighted by Gasteiger charge is 2.11. The molecule has 0 aliphatic rings. The molecule has 1 rings (SSSR count). The Balaban J connectivity index is 2.10. The Morgan fingerprint density at radius 2 is 1.74 bits per heavy atom. The average Bonchev–Trinajstić information content (AvgIpc) is 2.53. The molecule has 0 amide bonds. The number of esters is 3. The first kappa shape index (κ1) is 18.4. The first-order valence-corrected chi connectivity index (χ1v) is 7.23. The molecule has 124 valence electrons. The summed E-state index contributed by atoms with van der Waals surface area (Å²) < 4.78 is 14.7. The Hall–Kier alpha value is -2.63. The van der Waals surface area contributed by atoms with E-state index in [1.54, 1.807) is 31.2 Å². The van der Waals surface area contributed by atoms with Crippen molar-refractivity contribution >= 4 is 17.9 Å². The molecule has 0 aliphatic heterocycles. The van der Waals surface area contributed by atoms with Crippen LogP contribution in [0.1, 0.15) is 26.2 Å². The Bertz CT molecular complexity index is 549. The van der Waals surface area contributed by atoms with Crippen molar-refractivity contribution in [3.05, 3.63) is 42.5 Å². The van der Waals surface area contributed by atoms with E-state index >= 15 is 0 Å². The lowest BCUT2D eigenvalue weighted by Gasteiger charge is -2.06. The number of hydrogen-bond donors (Lipinski definition) is 0. The molecule has 1 aromatic carbocycles. The highest BCUT2D eigenvalue weighted by atomic mass is 16.6. The van der Waals surface area contributed by atoms with Crippen LogP contribution in [-0.4, -0.2) is 31.1 Å². The summed E-state index contributed by atoms with van der Waals surface area (Å²) in [6, 6.07) is 8.75. The van der Waals surface area contributed by atoms with E-state index in [-0.39, 0.29) is 19.6 Å². The minimum atomic E-state index is -0.743. The molecule has 0 atom stereocenters. The van der Waals surface area contributed by atoms with Gasteiger partial charge in [0.25, 0.3) is 0 Å². The van der Waals surface area contributed by atoms with Gasteiger partial charge in [-0.2, -0.15) is 0 Å². The molecule has 0 spiro atoms. The molecule has 6 nitrogen and oxygen atoms in total. The van der Waals surface area contributed by atoms with Gasteiger partial charge in [-0.25, -0.2) is 9.59 Å². The maximum atomic E-state index is 11.4. The third-order valence-electron chi connectivity index (χ3n) is 2.68. The number of para-hydroxylation sites is 1. The van der Waals surface area contributed by atoms with Crippen molar-refractivity contribution in [3.8, 4) is 5.75 Å². The molecule has 0 saturated carbocycles. The van der Waals surface area contributed by atoms with Gasteiger partial charge in [0.2, 0.25) is 0 Å². The van der Waals surface area contributed by atoms with Gasteiger partial charge in [-0.1, -0.05) is 24.8 Å². The van der Waals surface area contributed by atoms with E-state index in [0.29, 0.717) is 24.2 Å². The van der Waals surface area contributed by atoms with Gasteiger partial charge in [0, 0.05) is 12.0 Å². The van der Waals surface area contributed by atoms with Crippen molar-refractivity contribution in [3.63, 3.8) is 0 Å². The first-order valence-electron chi connectivity index (χ1n) is 7.23. The Morgan fingerprint density at radius 1 is 1.04 bits per heavy atom. The lowest BCUT2D eigenvalue weighted by molar-refractivity contribution is -0.161. The van der Waals surface area contributed by atoms with E-state index in [9.17, 15) is 14.4 Å². The fourth-order valence-electron chi connectivity index (χ4n) is 1.53. The normalized spacial score (nSPS) is 9.78. The molecule has 0 unspecified atom stereocenters. The van der Waals surface area contributed by atoms with Crippen LogP contribution < -0.4 is 4.74 Å². The standard InChI is InChI=1S/C17H20O6/c1-13(2)17(20)21-11-7-6-10-15(18)23-16(19)12-22-14-8-4-3-5-9-14/h3-5,8-9H,1,6-7,10-12H2,2H3. The Morgan fingerprint density at radius 3 is 2.39 bits per heavy atom. The number of carbonyl (C=O) groups is 3. The molecule has 0 fully saturated rings. The third kappa shape index (κ3) is 8.40. The molecular formula is C17H20O6. The summed E-state index contributed by atoms with van der Waals surface area (Å²) in [7, 11) is 0. The summed E-state index contributed by atoms with van der Waals surface area (Å²) in [5, 5.41) is 0. The summed E-state index contributed by atoms with van der Waals surface area (Å²) in [4.78, 5) is 34.0. The minimum absolute atomic E-state index is 0.0711. The van der Waals surface area contributed by atoms with Gasteiger partial charge in [-0.05, 0) is 31.9 Å². The van der Waals surface area contributed by atoms with Crippen LogP contribution in [0.2, 0.25) is 0 Å². The van der Waals surface area contributed by atoms with Gasteiger partial charge in [0.15, 0.2) is 6.61 Å². The number of unbranched alkanes of at least 4 members (excludes halogenated alkanes) is 1.